The Kier molecular flexibility index (Phi) is 6.84. The van der Waals surface area contributed by atoms with Crippen LogP contribution in [0.1, 0.15) is 20.7 Å². The van der Waals surface area contributed by atoms with Crippen LogP contribution in [0.3, 0.4) is 0 Å². The molecule has 0 radical (unpaired) electrons. The van der Waals surface area contributed by atoms with E-state index >= 15 is 0 Å². The predicted octanol–water partition coefficient (Wildman–Crippen LogP) is 1.54. The fourth-order valence-electron chi connectivity index (χ4n) is 3.37. The fraction of sp³-hybridized carbons (Fsp3) is 0.300. The first kappa shape index (κ1) is 23.9. The van der Waals surface area contributed by atoms with Gasteiger partial charge in [0, 0.05) is 19.2 Å². The second-order valence-corrected chi connectivity index (χ2v) is 8.75. The molecular formula is C20H20N2O10S. The van der Waals surface area contributed by atoms with Gasteiger partial charge >= 0.3 is 11.9 Å². The van der Waals surface area contributed by atoms with Gasteiger partial charge in [-0.05, 0) is 24.3 Å². The van der Waals surface area contributed by atoms with Gasteiger partial charge < -0.3 is 24.2 Å². The molecule has 33 heavy (non-hydrogen) atoms. The summed E-state index contributed by atoms with van der Waals surface area (Å²) in [4.78, 5) is 35.3. The number of anilines is 1. The Morgan fingerprint density at radius 1 is 1.03 bits per heavy atom. The highest BCUT2D eigenvalue weighted by Gasteiger charge is 2.35. The molecule has 1 aliphatic rings. The molecule has 0 bridgehead atoms. The molecule has 13 heteroatoms. The lowest BCUT2D eigenvalue weighted by Gasteiger charge is -2.30. The highest BCUT2D eigenvalue weighted by atomic mass is 32.2. The van der Waals surface area contributed by atoms with Gasteiger partial charge in [-0.2, -0.15) is 0 Å². The zero-order valence-corrected chi connectivity index (χ0v) is 18.5. The molecule has 1 saturated heterocycles. The van der Waals surface area contributed by atoms with Crippen molar-refractivity contribution >= 4 is 33.2 Å². The van der Waals surface area contributed by atoms with Crippen LogP contribution in [-0.2, 0) is 24.0 Å². The van der Waals surface area contributed by atoms with Gasteiger partial charge in [-0.15, -0.1) is 0 Å². The van der Waals surface area contributed by atoms with Crippen molar-refractivity contribution in [2.45, 2.75) is 9.79 Å². The van der Waals surface area contributed by atoms with Crippen LogP contribution in [0.5, 0.6) is 5.75 Å². The molecule has 0 saturated carbocycles. The van der Waals surface area contributed by atoms with E-state index in [1.54, 1.807) is 0 Å². The second kappa shape index (κ2) is 9.42. The van der Waals surface area contributed by atoms with Gasteiger partial charge in [-0.3, -0.25) is 10.1 Å². The summed E-state index contributed by atoms with van der Waals surface area (Å²) >= 11 is 0. The van der Waals surface area contributed by atoms with Crippen molar-refractivity contribution < 1.29 is 42.2 Å². The Bertz CT molecular complexity index is 1220. The standard InChI is InChI=1S/C20H20N2O10S/c1-30-19(24)12-3-4-15(23)16(10-12)33(28,29)17-11-13(20(25)31-2)9-14(22(26)27)18(17)21-5-7-32-8-6-21/h3-4,9-11,23H,5-8H2,1-2H3. The second-order valence-electron chi connectivity index (χ2n) is 6.87. The van der Waals surface area contributed by atoms with Crippen LogP contribution in [0.15, 0.2) is 40.1 Å². The number of phenols is 1. The Balaban J connectivity index is 2.36. The summed E-state index contributed by atoms with van der Waals surface area (Å²) in [6, 6.07) is 4.93. The predicted molar refractivity (Wildman–Crippen MR) is 112 cm³/mol. The van der Waals surface area contributed by atoms with E-state index in [2.05, 4.69) is 9.47 Å². The number of benzene rings is 2. The minimum atomic E-state index is -4.69. The van der Waals surface area contributed by atoms with Gasteiger partial charge in [0.1, 0.15) is 21.2 Å². The van der Waals surface area contributed by atoms with Gasteiger partial charge in [-0.25, -0.2) is 18.0 Å². The van der Waals surface area contributed by atoms with Crippen molar-refractivity contribution in [2.75, 3.05) is 45.4 Å². The molecule has 2 aromatic carbocycles. The summed E-state index contributed by atoms with van der Waals surface area (Å²) in [5.41, 5.74) is -1.44. The maximum atomic E-state index is 13.7. The summed E-state index contributed by atoms with van der Waals surface area (Å²) < 4.78 is 41.8. The molecule has 2 aromatic rings. The molecule has 176 valence electrons. The van der Waals surface area contributed by atoms with Crippen LogP contribution < -0.4 is 4.90 Å². The normalized spacial score (nSPS) is 13.9. The van der Waals surface area contributed by atoms with Gasteiger partial charge in [0.2, 0.25) is 9.84 Å². The molecule has 3 rings (SSSR count). The quantitative estimate of drug-likeness (QED) is 0.362. The maximum absolute atomic E-state index is 13.7. The van der Waals surface area contributed by atoms with E-state index in [9.17, 15) is 33.2 Å². The number of hydrogen-bond acceptors (Lipinski definition) is 11. The largest absolute Gasteiger partial charge is 0.507 e. The highest BCUT2D eigenvalue weighted by Crippen LogP contribution is 2.41. The van der Waals surface area contributed by atoms with Crippen molar-refractivity contribution in [3.05, 3.63) is 51.6 Å². The number of nitrogens with zero attached hydrogens (tertiary/aromatic N) is 2. The molecule has 12 nitrogen and oxygen atoms in total. The summed E-state index contributed by atoms with van der Waals surface area (Å²) in [6.07, 6.45) is 0. The number of rotatable bonds is 6. The van der Waals surface area contributed by atoms with E-state index < -0.39 is 47.9 Å². The molecule has 0 amide bonds. The van der Waals surface area contributed by atoms with Crippen LogP contribution in [-0.4, -0.2) is 70.9 Å². The third-order valence-electron chi connectivity index (χ3n) is 4.96. The Hall–Kier alpha value is -3.71. The number of morpholine rings is 1. The maximum Gasteiger partial charge on any atom is 0.338 e. The lowest BCUT2D eigenvalue weighted by molar-refractivity contribution is -0.384. The number of nitro groups is 1. The van der Waals surface area contributed by atoms with Crippen molar-refractivity contribution in [2.24, 2.45) is 0 Å². The molecule has 1 fully saturated rings. The van der Waals surface area contributed by atoms with E-state index in [0.29, 0.717) is 0 Å². The zero-order valence-electron chi connectivity index (χ0n) is 17.6. The van der Waals surface area contributed by atoms with E-state index in [1.165, 1.54) is 4.90 Å². The van der Waals surface area contributed by atoms with Crippen molar-refractivity contribution in [1.82, 2.24) is 0 Å². The SMILES string of the molecule is COC(=O)c1ccc(O)c(S(=O)(=O)c2cc(C(=O)OC)cc([N+](=O)[O-])c2N2CCOCC2)c1. The number of methoxy groups -OCH3 is 2. The van der Waals surface area contributed by atoms with Crippen molar-refractivity contribution in [3.8, 4) is 5.75 Å². The number of esters is 2. The monoisotopic (exact) mass is 480 g/mol. The van der Waals surface area contributed by atoms with Crippen LogP contribution in [0, 0.1) is 10.1 Å². The third kappa shape index (κ3) is 4.59. The smallest absolute Gasteiger partial charge is 0.338 e. The first-order valence-corrected chi connectivity index (χ1v) is 11.0. The number of phenolic OH excluding ortho intramolecular Hbond substituents is 1. The average Bonchev–Trinajstić information content (AvgIpc) is 2.82. The van der Waals surface area contributed by atoms with Crippen LogP contribution in [0.25, 0.3) is 0 Å². The number of nitro benzene ring substituents is 1. The topological polar surface area (TPSA) is 163 Å². The fourth-order valence-corrected chi connectivity index (χ4v) is 5.00. The van der Waals surface area contributed by atoms with Crippen molar-refractivity contribution in [1.29, 1.82) is 0 Å². The number of ether oxygens (including phenoxy) is 3. The van der Waals surface area contributed by atoms with E-state index in [0.717, 1.165) is 44.6 Å². The van der Waals surface area contributed by atoms with Gasteiger partial charge in [0.25, 0.3) is 5.69 Å². The Morgan fingerprint density at radius 3 is 2.18 bits per heavy atom. The Labute approximate surface area is 188 Å². The molecule has 0 aliphatic carbocycles. The van der Waals surface area contributed by atoms with Crippen LogP contribution in [0.2, 0.25) is 0 Å². The Morgan fingerprint density at radius 2 is 1.61 bits per heavy atom. The van der Waals surface area contributed by atoms with Crippen LogP contribution in [0.4, 0.5) is 11.4 Å². The van der Waals surface area contributed by atoms with E-state index in [-0.39, 0.29) is 43.1 Å². The molecule has 1 aliphatic heterocycles. The summed E-state index contributed by atoms with van der Waals surface area (Å²) in [7, 11) is -2.54. The molecule has 0 spiro atoms. The van der Waals surface area contributed by atoms with Gasteiger partial charge in [0.15, 0.2) is 0 Å². The third-order valence-corrected chi connectivity index (χ3v) is 6.76. The highest BCUT2D eigenvalue weighted by molar-refractivity contribution is 7.91. The first-order chi connectivity index (χ1) is 15.6. The minimum absolute atomic E-state index is 0.148. The number of aromatic hydroxyl groups is 1. The minimum Gasteiger partial charge on any atom is -0.507 e. The van der Waals surface area contributed by atoms with E-state index in [4.69, 9.17) is 4.74 Å². The van der Waals surface area contributed by atoms with Crippen molar-refractivity contribution in [3.63, 3.8) is 0 Å². The summed E-state index contributed by atoms with van der Waals surface area (Å²) in [6.45, 7) is 0.682. The molecule has 1 heterocycles. The summed E-state index contributed by atoms with van der Waals surface area (Å²) in [5, 5.41) is 22.2. The average molecular weight is 480 g/mol. The van der Waals surface area contributed by atoms with Gasteiger partial charge in [-0.1, -0.05) is 0 Å². The lowest BCUT2D eigenvalue weighted by Crippen LogP contribution is -2.37. The molecule has 0 atom stereocenters. The number of sulfone groups is 1. The van der Waals surface area contributed by atoms with Gasteiger partial charge in [0.05, 0.1) is 43.5 Å². The molecule has 1 N–H and O–H groups in total. The summed E-state index contributed by atoms with van der Waals surface area (Å²) in [5.74, 6) is -2.54. The van der Waals surface area contributed by atoms with E-state index in [1.807, 2.05) is 0 Å². The lowest BCUT2D eigenvalue weighted by atomic mass is 10.1. The molecule has 0 aromatic heterocycles. The number of carbonyl (C=O) groups excluding carboxylic acids is 2. The molecular weight excluding hydrogens is 460 g/mol. The molecule has 0 unspecified atom stereocenters. The number of carbonyl (C=O) groups is 2. The van der Waals surface area contributed by atoms with Crippen LogP contribution >= 0.6 is 0 Å². The zero-order chi connectivity index (χ0) is 24.3. The first-order valence-electron chi connectivity index (χ1n) is 9.51. The number of hydrogen-bond donors (Lipinski definition) is 1.